The van der Waals surface area contributed by atoms with E-state index in [1.54, 1.807) is 13.2 Å². The SMILES string of the molecule is C=CC[C@H](C(C)=O)[C@H](O)C[C@H](CCOCc1ccc(OC)cc1)O[Si](C)(C)C(C)(C)C. The monoisotopic (exact) mass is 450 g/mol. The number of allylic oxidation sites excluding steroid dienone is 1. The number of aliphatic hydroxyl groups excluding tert-OH is 1. The molecule has 0 aliphatic heterocycles. The van der Waals surface area contributed by atoms with Crippen molar-refractivity contribution in [3.63, 3.8) is 0 Å². The lowest BCUT2D eigenvalue weighted by molar-refractivity contribution is -0.124. The molecule has 0 unspecified atom stereocenters. The van der Waals surface area contributed by atoms with E-state index in [4.69, 9.17) is 13.9 Å². The van der Waals surface area contributed by atoms with Crippen molar-refractivity contribution in [1.29, 1.82) is 0 Å². The van der Waals surface area contributed by atoms with Gasteiger partial charge < -0.3 is 19.0 Å². The highest BCUT2D eigenvalue weighted by atomic mass is 28.4. The lowest BCUT2D eigenvalue weighted by atomic mass is 9.90. The second-order valence-corrected chi connectivity index (χ2v) is 14.5. The molecule has 6 heteroatoms. The van der Waals surface area contributed by atoms with Crippen LogP contribution < -0.4 is 4.74 Å². The van der Waals surface area contributed by atoms with Crippen LogP contribution in [0.4, 0.5) is 0 Å². The molecule has 1 rings (SSSR count). The van der Waals surface area contributed by atoms with Crippen LogP contribution in [0.15, 0.2) is 36.9 Å². The number of benzene rings is 1. The molecule has 176 valence electrons. The minimum atomic E-state index is -2.04. The zero-order valence-electron chi connectivity index (χ0n) is 20.4. The molecule has 0 heterocycles. The first-order valence-electron chi connectivity index (χ1n) is 11.1. The molecule has 1 aromatic carbocycles. The average molecular weight is 451 g/mol. The van der Waals surface area contributed by atoms with Gasteiger partial charge in [-0.15, -0.1) is 6.58 Å². The average Bonchev–Trinajstić information content (AvgIpc) is 2.68. The number of carbonyl (C=O) groups is 1. The highest BCUT2D eigenvalue weighted by molar-refractivity contribution is 6.74. The van der Waals surface area contributed by atoms with Gasteiger partial charge in [-0.05, 0) is 62.0 Å². The third kappa shape index (κ3) is 9.27. The van der Waals surface area contributed by atoms with Gasteiger partial charge in [-0.2, -0.15) is 0 Å². The van der Waals surface area contributed by atoms with E-state index in [1.807, 2.05) is 24.3 Å². The Bertz CT molecular complexity index is 678. The number of methoxy groups -OCH3 is 1. The number of hydrogen-bond acceptors (Lipinski definition) is 5. The Morgan fingerprint density at radius 3 is 2.32 bits per heavy atom. The normalized spacial score (nSPS) is 15.2. The van der Waals surface area contributed by atoms with E-state index in [0.717, 1.165) is 11.3 Å². The largest absolute Gasteiger partial charge is 0.497 e. The van der Waals surface area contributed by atoms with Crippen LogP contribution in [-0.4, -0.2) is 45.1 Å². The molecule has 0 bridgehead atoms. The number of carbonyl (C=O) groups excluding carboxylic acids is 1. The molecule has 0 fully saturated rings. The molecular weight excluding hydrogens is 408 g/mol. The Kier molecular flexibility index (Phi) is 11.1. The minimum absolute atomic E-state index is 0.0192. The summed E-state index contributed by atoms with van der Waals surface area (Å²) in [7, 11) is -0.389. The van der Waals surface area contributed by atoms with Gasteiger partial charge in [0.2, 0.25) is 0 Å². The van der Waals surface area contributed by atoms with Crippen molar-refractivity contribution in [3.05, 3.63) is 42.5 Å². The second kappa shape index (κ2) is 12.5. The van der Waals surface area contributed by atoms with Crippen LogP contribution in [0.3, 0.4) is 0 Å². The van der Waals surface area contributed by atoms with Crippen molar-refractivity contribution in [2.75, 3.05) is 13.7 Å². The summed E-state index contributed by atoms with van der Waals surface area (Å²) >= 11 is 0. The standard InChI is InChI=1S/C25H42O5Si/c1-9-10-23(19(2)26)24(27)17-22(30-31(7,8)25(3,4)5)15-16-29-18-20-11-13-21(28-6)14-12-20/h9,11-14,22-24,27H,1,10,15-18H2,2-8H3/t22-,23+,24+/m0/s1. The number of ether oxygens (including phenoxy) is 2. The molecule has 1 N–H and O–H groups in total. The first kappa shape index (κ1) is 27.6. The van der Waals surface area contributed by atoms with Gasteiger partial charge in [0.15, 0.2) is 8.32 Å². The summed E-state index contributed by atoms with van der Waals surface area (Å²) in [6, 6.07) is 7.80. The Hall–Kier alpha value is -1.47. The lowest BCUT2D eigenvalue weighted by Gasteiger charge is -2.40. The maximum absolute atomic E-state index is 12.0. The second-order valence-electron chi connectivity index (χ2n) is 9.73. The van der Waals surface area contributed by atoms with Crippen molar-refractivity contribution in [2.24, 2.45) is 5.92 Å². The first-order valence-corrected chi connectivity index (χ1v) is 14.0. The Labute approximate surface area is 189 Å². The van der Waals surface area contributed by atoms with Crippen LogP contribution in [0.25, 0.3) is 0 Å². The predicted molar refractivity (Wildman–Crippen MR) is 129 cm³/mol. The highest BCUT2D eigenvalue weighted by Crippen LogP contribution is 2.38. The third-order valence-electron chi connectivity index (χ3n) is 6.19. The summed E-state index contributed by atoms with van der Waals surface area (Å²) in [5.74, 6) is 0.359. The van der Waals surface area contributed by atoms with Crippen LogP contribution in [0.2, 0.25) is 18.1 Å². The quantitative estimate of drug-likeness (QED) is 0.229. The van der Waals surface area contributed by atoms with E-state index < -0.39 is 20.3 Å². The summed E-state index contributed by atoms with van der Waals surface area (Å²) in [6.07, 6.45) is 2.31. The van der Waals surface area contributed by atoms with Gasteiger partial charge in [-0.25, -0.2) is 0 Å². The first-order chi connectivity index (χ1) is 14.4. The van der Waals surface area contributed by atoms with Crippen LogP contribution in [0.1, 0.15) is 52.5 Å². The fourth-order valence-electron chi connectivity index (χ4n) is 3.15. The third-order valence-corrected chi connectivity index (χ3v) is 10.7. The zero-order chi connectivity index (χ0) is 23.7. The highest BCUT2D eigenvalue weighted by Gasteiger charge is 2.40. The fourth-order valence-corrected chi connectivity index (χ4v) is 4.55. The summed E-state index contributed by atoms with van der Waals surface area (Å²) in [5, 5.41) is 10.8. The smallest absolute Gasteiger partial charge is 0.192 e. The molecule has 0 aromatic heterocycles. The van der Waals surface area contributed by atoms with E-state index in [1.165, 1.54) is 6.92 Å². The van der Waals surface area contributed by atoms with Gasteiger partial charge in [0.1, 0.15) is 11.5 Å². The molecule has 0 amide bonds. The van der Waals surface area contributed by atoms with Crippen LogP contribution in [-0.2, 0) is 20.6 Å². The number of aliphatic hydroxyl groups is 1. The number of ketones is 1. The van der Waals surface area contributed by atoms with Crippen molar-refractivity contribution >= 4 is 14.1 Å². The summed E-state index contributed by atoms with van der Waals surface area (Å²) in [6.45, 7) is 17.3. The Morgan fingerprint density at radius 1 is 1.23 bits per heavy atom. The molecule has 31 heavy (non-hydrogen) atoms. The molecule has 0 spiro atoms. The predicted octanol–water partition coefficient (Wildman–Crippen LogP) is 5.52. The van der Waals surface area contributed by atoms with Gasteiger partial charge in [0.25, 0.3) is 0 Å². The van der Waals surface area contributed by atoms with Crippen molar-refractivity contribution in [3.8, 4) is 5.75 Å². The molecule has 0 radical (unpaired) electrons. The maximum Gasteiger partial charge on any atom is 0.192 e. The maximum atomic E-state index is 12.0. The van der Waals surface area contributed by atoms with Crippen LogP contribution in [0.5, 0.6) is 5.75 Å². The fraction of sp³-hybridized carbons (Fsp3) is 0.640. The molecular formula is C25H42O5Si. The van der Waals surface area contributed by atoms with E-state index in [-0.39, 0.29) is 16.9 Å². The van der Waals surface area contributed by atoms with Crippen molar-refractivity contribution in [2.45, 2.75) is 83.9 Å². The van der Waals surface area contributed by atoms with Crippen molar-refractivity contribution < 1.29 is 23.8 Å². The number of Topliss-reactive ketones (excluding diaryl/α,β-unsaturated/α-hetero) is 1. The van der Waals surface area contributed by atoms with Gasteiger partial charge >= 0.3 is 0 Å². The molecule has 0 saturated heterocycles. The van der Waals surface area contributed by atoms with Gasteiger partial charge in [-0.3, -0.25) is 4.79 Å². The van der Waals surface area contributed by atoms with Crippen LogP contribution in [0, 0.1) is 5.92 Å². The molecule has 5 nitrogen and oxygen atoms in total. The molecule has 0 aliphatic carbocycles. The molecule has 1 aromatic rings. The van der Waals surface area contributed by atoms with E-state index in [2.05, 4.69) is 40.4 Å². The summed E-state index contributed by atoms with van der Waals surface area (Å²) < 4.78 is 17.7. The summed E-state index contributed by atoms with van der Waals surface area (Å²) in [4.78, 5) is 12.0. The van der Waals surface area contributed by atoms with Crippen molar-refractivity contribution in [1.82, 2.24) is 0 Å². The van der Waals surface area contributed by atoms with E-state index in [0.29, 0.717) is 32.5 Å². The molecule has 0 saturated carbocycles. The Morgan fingerprint density at radius 2 is 1.84 bits per heavy atom. The van der Waals surface area contributed by atoms with Crippen LogP contribution >= 0.6 is 0 Å². The van der Waals surface area contributed by atoms with E-state index >= 15 is 0 Å². The minimum Gasteiger partial charge on any atom is -0.497 e. The lowest BCUT2D eigenvalue weighted by Crippen LogP contribution is -2.45. The summed E-state index contributed by atoms with van der Waals surface area (Å²) in [5.41, 5.74) is 1.07. The topological polar surface area (TPSA) is 65.0 Å². The van der Waals surface area contributed by atoms with Gasteiger partial charge in [-0.1, -0.05) is 39.0 Å². The molecule has 3 atom stereocenters. The number of rotatable bonds is 14. The Balaban J connectivity index is 2.76. The van der Waals surface area contributed by atoms with Gasteiger partial charge in [0, 0.05) is 18.6 Å². The zero-order valence-corrected chi connectivity index (χ0v) is 21.4. The van der Waals surface area contributed by atoms with E-state index in [9.17, 15) is 9.90 Å². The number of hydrogen-bond donors (Lipinski definition) is 1. The van der Waals surface area contributed by atoms with Gasteiger partial charge in [0.05, 0.1) is 19.8 Å². The molecule has 0 aliphatic rings.